The minimum atomic E-state index is -0.362. The second-order valence-corrected chi connectivity index (χ2v) is 7.73. The molecule has 0 unspecified atom stereocenters. The molecular formula is C26H27N3O3. The summed E-state index contributed by atoms with van der Waals surface area (Å²) in [5.41, 5.74) is 3.79. The number of nitrogens with zero attached hydrogens (tertiary/aromatic N) is 3. The fourth-order valence-corrected chi connectivity index (χ4v) is 3.83. The van der Waals surface area contributed by atoms with E-state index in [0.29, 0.717) is 44.8 Å². The number of anilines is 1. The van der Waals surface area contributed by atoms with Crippen LogP contribution in [0.1, 0.15) is 22.8 Å². The summed E-state index contributed by atoms with van der Waals surface area (Å²) in [6.07, 6.45) is 1.95. The number of carbonyl (C=O) groups is 2. The van der Waals surface area contributed by atoms with Crippen LogP contribution < -0.4 is 4.90 Å². The Labute approximate surface area is 188 Å². The van der Waals surface area contributed by atoms with Crippen molar-refractivity contribution in [2.24, 2.45) is 0 Å². The topological polar surface area (TPSA) is 62.7 Å². The summed E-state index contributed by atoms with van der Waals surface area (Å²) in [6.45, 7) is 4.85. The van der Waals surface area contributed by atoms with Crippen LogP contribution >= 0.6 is 0 Å². The third-order valence-corrected chi connectivity index (χ3v) is 5.63. The smallest absolute Gasteiger partial charge is 0.339 e. The Hall–Kier alpha value is -3.67. The first-order chi connectivity index (χ1) is 15.6. The predicted octanol–water partition coefficient (Wildman–Crippen LogP) is 3.82. The number of rotatable bonds is 6. The van der Waals surface area contributed by atoms with Crippen molar-refractivity contribution in [3.8, 4) is 11.1 Å². The minimum absolute atomic E-state index is 0.141. The standard InChI is InChI=1S/C26H27N3O3/c1-2-32-26(31)23-12-13-24(27-19-23)28-14-16-29(17-15-28)25(30)18-20-8-10-22(11-9-20)21-6-4-3-5-7-21/h3-13,19H,2,14-18H2,1H3. The quantitative estimate of drug-likeness (QED) is 0.558. The Morgan fingerprint density at radius 1 is 0.875 bits per heavy atom. The van der Waals surface area contributed by atoms with Crippen LogP contribution in [-0.2, 0) is 16.0 Å². The van der Waals surface area contributed by atoms with Gasteiger partial charge in [0.15, 0.2) is 0 Å². The summed E-state index contributed by atoms with van der Waals surface area (Å²) in [5.74, 6) is 0.586. The first kappa shape index (κ1) is 21.6. The summed E-state index contributed by atoms with van der Waals surface area (Å²) in [6, 6.07) is 22.0. The number of carbonyl (C=O) groups excluding carboxylic acids is 2. The molecule has 0 spiro atoms. The van der Waals surface area contributed by atoms with E-state index in [0.717, 1.165) is 16.9 Å². The average molecular weight is 430 g/mol. The number of piperazine rings is 1. The lowest BCUT2D eigenvalue weighted by Gasteiger charge is -2.35. The van der Waals surface area contributed by atoms with Gasteiger partial charge >= 0.3 is 5.97 Å². The van der Waals surface area contributed by atoms with Crippen LogP contribution in [0.3, 0.4) is 0 Å². The van der Waals surface area contributed by atoms with E-state index >= 15 is 0 Å². The Morgan fingerprint density at radius 2 is 1.56 bits per heavy atom. The lowest BCUT2D eigenvalue weighted by molar-refractivity contribution is -0.130. The molecule has 0 radical (unpaired) electrons. The fraction of sp³-hybridized carbons (Fsp3) is 0.269. The number of amides is 1. The van der Waals surface area contributed by atoms with Crippen LogP contribution in [-0.4, -0.2) is 54.5 Å². The van der Waals surface area contributed by atoms with Crippen LogP contribution in [0.25, 0.3) is 11.1 Å². The molecule has 0 atom stereocenters. The first-order valence-electron chi connectivity index (χ1n) is 10.9. The van der Waals surface area contributed by atoms with Crippen molar-refractivity contribution >= 4 is 17.7 Å². The van der Waals surface area contributed by atoms with Crippen molar-refractivity contribution in [2.75, 3.05) is 37.7 Å². The highest BCUT2D eigenvalue weighted by Gasteiger charge is 2.22. The van der Waals surface area contributed by atoms with Gasteiger partial charge in [0.1, 0.15) is 5.82 Å². The van der Waals surface area contributed by atoms with Crippen molar-refractivity contribution in [3.05, 3.63) is 84.1 Å². The normalized spacial score (nSPS) is 13.7. The van der Waals surface area contributed by atoms with Gasteiger partial charge in [0.2, 0.25) is 5.91 Å². The monoisotopic (exact) mass is 429 g/mol. The third-order valence-electron chi connectivity index (χ3n) is 5.63. The molecule has 1 aliphatic rings. The Bertz CT molecular complexity index is 1040. The molecule has 0 N–H and O–H groups in total. The molecule has 1 saturated heterocycles. The van der Waals surface area contributed by atoms with E-state index in [1.54, 1.807) is 19.2 Å². The van der Waals surface area contributed by atoms with E-state index in [2.05, 4.69) is 34.1 Å². The second kappa shape index (κ2) is 10.1. The average Bonchev–Trinajstić information content (AvgIpc) is 2.85. The van der Waals surface area contributed by atoms with Crippen molar-refractivity contribution in [3.63, 3.8) is 0 Å². The zero-order valence-electron chi connectivity index (χ0n) is 18.2. The number of esters is 1. The van der Waals surface area contributed by atoms with Gasteiger partial charge in [0.05, 0.1) is 18.6 Å². The molecule has 6 heteroatoms. The number of aromatic nitrogens is 1. The zero-order valence-corrected chi connectivity index (χ0v) is 18.2. The largest absolute Gasteiger partial charge is 0.462 e. The predicted molar refractivity (Wildman–Crippen MR) is 125 cm³/mol. The van der Waals surface area contributed by atoms with Gasteiger partial charge in [-0.25, -0.2) is 9.78 Å². The van der Waals surface area contributed by atoms with Gasteiger partial charge < -0.3 is 14.5 Å². The van der Waals surface area contributed by atoms with E-state index in [1.807, 2.05) is 41.3 Å². The van der Waals surface area contributed by atoms with Crippen molar-refractivity contribution in [2.45, 2.75) is 13.3 Å². The zero-order chi connectivity index (χ0) is 22.3. The van der Waals surface area contributed by atoms with Crippen LogP contribution in [0.15, 0.2) is 72.9 Å². The summed E-state index contributed by atoms with van der Waals surface area (Å²) < 4.78 is 4.99. The molecule has 0 saturated carbocycles. The highest BCUT2D eigenvalue weighted by atomic mass is 16.5. The highest BCUT2D eigenvalue weighted by Crippen LogP contribution is 2.20. The molecule has 6 nitrogen and oxygen atoms in total. The summed E-state index contributed by atoms with van der Waals surface area (Å²) >= 11 is 0. The van der Waals surface area contributed by atoms with Crippen LogP contribution in [0, 0.1) is 0 Å². The molecule has 32 heavy (non-hydrogen) atoms. The van der Waals surface area contributed by atoms with Crippen LogP contribution in [0.5, 0.6) is 0 Å². The molecule has 1 amide bonds. The first-order valence-corrected chi connectivity index (χ1v) is 10.9. The van der Waals surface area contributed by atoms with Gasteiger partial charge in [-0.1, -0.05) is 54.6 Å². The molecule has 3 aromatic rings. The SMILES string of the molecule is CCOC(=O)c1ccc(N2CCN(C(=O)Cc3ccc(-c4ccccc4)cc3)CC2)nc1. The summed E-state index contributed by atoms with van der Waals surface area (Å²) in [4.78, 5) is 33.0. The minimum Gasteiger partial charge on any atom is -0.462 e. The van der Waals surface area contributed by atoms with Gasteiger partial charge in [-0.2, -0.15) is 0 Å². The van der Waals surface area contributed by atoms with Gasteiger partial charge in [-0.15, -0.1) is 0 Å². The van der Waals surface area contributed by atoms with Gasteiger partial charge in [0, 0.05) is 32.4 Å². The molecule has 1 aliphatic heterocycles. The molecule has 0 bridgehead atoms. The van der Waals surface area contributed by atoms with E-state index in [9.17, 15) is 9.59 Å². The third kappa shape index (κ3) is 5.14. The second-order valence-electron chi connectivity index (χ2n) is 7.73. The van der Waals surface area contributed by atoms with Crippen LogP contribution in [0.4, 0.5) is 5.82 Å². The molecule has 2 aromatic carbocycles. The molecular weight excluding hydrogens is 402 g/mol. The van der Waals surface area contributed by atoms with Crippen molar-refractivity contribution < 1.29 is 14.3 Å². The van der Waals surface area contributed by atoms with Crippen molar-refractivity contribution in [1.82, 2.24) is 9.88 Å². The molecule has 164 valence electrons. The van der Waals surface area contributed by atoms with Gasteiger partial charge in [-0.05, 0) is 35.7 Å². The maximum absolute atomic E-state index is 12.8. The van der Waals surface area contributed by atoms with E-state index < -0.39 is 0 Å². The Kier molecular flexibility index (Phi) is 6.80. The molecule has 0 aliphatic carbocycles. The lowest BCUT2D eigenvalue weighted by atomic mass is 10.0. The van der Waals surface area contributed by atoms with E-state index in [-0.39, 0.29) is 11.9 Å². The van der Waals surface area contributed by atoms with Gasteiger partial charge in [0.25, 0.3) is 0 Å². The lowest BCUT2D eigenvalue weighted by Crippen LogP contribution is -2.49. The molecule has 1 aromatic heterocycles. The molecule has 2 heterocycles. The summed E-state index contributed by atoms with van der Waals surface area (Å²) in [5, 5.41) is 0. The van der Waals surface area contributed by atoms with E-state index in [1.165, 1.54) is 5.56 Å². The van der Waals surface area contributed by atoms with E-state index in [4.69, 9.17) is 4.74 Å². The van der Waals surface area contributed by atoms with Gasteiger partial charge in [-0.3, -0.25) is 4.79 Å². The Morgan fingerprint density at radius 3 is 2.19 bits per heavy atom. The van der Waals surface area contributed by atoms with Crippen LogP contribution in [0.2, 0.25) is 0 Å². The molecule has 1 fully saturated rings. The number of pyridine rings is 1. The maximum atomic E-state index is 12.8. The number of ether oxygens (including phenoxy) is 1. The Balaban J connectivity index is 1.29. The van der Waals surface area contributed by atoms with Crippen molar-refractivity contribution in [1.29, 1.82) is 0 Å². The fourth-order valence-electron chi connectivity index (χ4n) is 3.83. The summed E-state index contributed by atoms with van der Waals surface area (Å²) in [7, 11) is 0. The number of hydrogen-bond donors (Lipinski definition) is 0. The highest BCUT2D eigenvalue weighted by molar-refractivity contribution is 5.89. The number of hydrogen-bond acceptors (Lipinski definition) is 5. The maximum Gasteiger partial charge on any atom is 0.339 e. The number of benzene rings is 2. The molecule has 4 rings (SSSR count).